The number of nitrogens with zero attached hydrogens (tertiary/aromatic N) is 4. The molecule has 0 unspecified atom stereocenters. The third-order valence-electron chi connectivity index (χ3n) is 5.63. The van der Waals surface area contributed by atoms with Crippen LogP contribution in [0.2, 0.25) is 10.2 Å². The molecule has 1 aromatic heterocycles. The van der Waals surface area contributed by atoms with Crippen molar-refractivity contribution in [1.82, 2.24) is 14.8 Å². The van der Waals surface area contributed by atoms with Crippen molar-refractivity contribution >= 4 is 46.8 Å². The molecule has 2 fully saturated rings. The normalized spacial score (nSPS) is 23.4. The molecule has 0 spiro atoms. The van der Waals surface area contributed by atoms with E-state index in [1.165, 1.54) is 4.90 Å². The molecule has 0 aromatic carbocycles. The summed E-state index contributed by atoms with van der Waals surface area (Å²) in [6, 6.07) is -0.462. The number of rotatable bonds is 1. The van der Waals surface area contributed by atoms with E-state index >= 15 is 0 Å². The first-order chi connectivity index (χ1) is 13.6. The number of ether oxygens (including phenoxy) is 1. The summed E-state index contributed by atoms with van der Waals surface area (Å²) in [5.74, 6) is 0.0602. The van der Waals surface area contributed by atoms with Crippen LogP contribution in [0.15, 0.2) is 0 Å². The van der Waals surface area contributed by atoms with Gasteiger partial charge in [-0.25, -0.2) is 9.78 Å². The van der Waals surface area contributed by atoms with Gasteiger partial charge in [-0.2, -0.15) is 0 Å². The fourth-order valence-electron chi connectivity index (χ4n) is 4.17. The molecule has 0 saturated carbocycles. The molecule has 3 aliphatic rings. The number of anilines is 1. The van der Waals surface area contributed by atoms with E-state index < -0.39 is 17.7 Å². The average molecular weight is 443 g/mol. The van der Waals surface area contributed by atoms with Crippen LogP contribution in [0, 0.1) is 0 Å². The van der Waals surface area contributed by atoms with Crippen molar-refractivity contribution in [2.45, 2.75) is 31.8 Å². The van der Waals surface area contributed by atoms with Crippen LogP contribution < -0.4 is 9.64 Å². The van der Waals surface area contributed by atoms with Crippen molar-refractivity contribution < 1.29 is 24.2 Å². The standard InChI is InChI=1S/C18H20Cl2N4O5/c1-18(2)5-10(25)7-24(18)15-11-13(12(19)14(20)21-15)29-8-9-6-22(17(27)28)3-4-23(9)16(11)26/h9H,3-8H2,1-2H3,(H,27,28)/t9-/m1/s1. The Morgan fingerprint density at radius 3 is 2.62 bits per heavy atom. The molecule has 0 bridgehead atoms. The maximum absolute atomic E-state index is 13.5. The minimum atomic E-state index is -1.04. The monoisotopic (exact) mass is 442 g/mol. The van der Waals surface area contributed by atoms with E-state index in [4.69, 9.17) is 27.9 Å². The first kappa shape index (κ1) is 20.0. The lowest BCUT2D eigenvalue weighted by Gasteiger charge is -2.39. The topological polar surface area (TPSA) is 103 Å². The van der Waals surface area contributed by atoms with Gasteiger partial charge < -0.3 is 24.5 Å². The number of piperazine rings is 1. The number of aromatic nitrogens is 1. The number of carbonyl (C=O) groups is 3. The predicted molar refractivity (Wildman–Crippen MR) is 105 cm³/mol. The fourth-order valence-corrected chi connectivity index (χ4v) is 4.53. The smallest absolute Gasteiger partial charge is 0.407 e. The van der Waals surface area contributed by atoms with Gasteiger partial charge in [0, 0.05) is 31.6 Å². The zero-order valence-corrected chi connectivity index (χ0v) is 17.5. The highest BCUT2D eigenvalue weighted by Crippen LogP contribution is 2.44. The summed E-state index contributed by atoms with van der Waals surface area (Å²) >= 11 is 12.6. The van der Waals surface area contributed by atoms with Crippen molar-refractivity contribution in [3.8, 4) is 5.75 Å². The van der Waals surface area contributed by atoms with Gasteiger partial charge in [-0.1, -0.05) is 23.2 Å². The molecule has 9 nitrogen and oxygen atoms in total. The minimum absolute atomic E-state index is 0.0181. The first-order valence-electron chi connectivity index (χ1n) is 9.20. The summed E-state index contributed by atoms with van der Waals surface area (Å²) in [7, 11) is 0. The van der Waals surface area contributed by atoms with E-state index in [9.17, 15) is 19.5 Å². The number of ketones is 1. The second-order valence-corrected chi connectivity index (χ2v) is 8.79. The molecule has 1 atom stereocenters. The van der Waals surface area contributed by atoms with Crippen molar-refractivity contribution in [3.05, 3.63) is 15.7 Å². The van der Waals surface area contributed by atoms with Crippen LogP contribution in [-0.4, -0.2) is 82.0 Å². The predicted octanol–water partition coefficient (Wildman–Crippen LogP) is 2.14. The SMILES string of the molecule is CC1(C)CC(=O)CN1c1nc(Cl)c(Cl)c2c1C(=O)N1CCN(C(=O)O)C[C@@H]1CO2. The van der Waals surface area contributed by atoms with Crippen LogP contribution >= 0.6 is 23.2 Å². The van der Waals surface area contributed by atoms with E-state index in [0.717, 1.165) is 0 Å². The molecule has 4 heterocycles. The summed E-state index contributed by atoms with van der Waals surface area (Å²) in [5.41, 5.74) is -0.392. The summed E-state index contributed by atoms with van der Waals surface area (Å²) in [6.45, 7) is 4.52. The summed E-state index contributed by atoms with van der Waals surface area (Å²) in [6.07, 6.45) is -0.724. The van der Waals surface area contributed by atoms with E-state index in [1.54, 1.807) is 9.80 Å². The third kappa shape index (κ3) is 3.26. The molecule has 4 rings (SSSR count). The number of hydrogen-bond donors (Lipinski definition) is 1. The average Bonchev–Trinajstić information content (AvgIpc) is 2.84. The van der Waals surface area contributed by atoms with Gasteiger partial charge in [-0.15, -0.1) is 0 Å². The molecule has 0 aliphatic carbocycles. The Labute approximate surface area is 177 Å². The van der Waals surface area contributed by atoms with Crippen LogP contribution in [0.4, 0.5) is 10.6 Å². The molecular weight excluding hydrogens is 423 g/mol. The number of amides is 2. The van der Waals surface area contributed by atoms with Crippen LogP contribution in [0.5, 0.6) is 5.75 Å². The summed E-state index contributed by atoms with van der Waals surface area (Å²) in [5, 5.41) is 9.29. The van der Waals surface area contributed by atoms with Gasteiger partial charge in [0.1, 0.15) is 23.0 Å². The number of pyridine rings is 1. The van der Waals surface area contributed by atoms with Gasteiger partial charge in [-0.05, 0) is 13.8 Å². The Bertz CT molecular complexity index is 922. The molecule has 0 radical (unpaired) electrons. The van der Waals surface area contributed by atoms with Gasteiger partial charge in [0.2, 0.25) is 0 Å². The van der Waals surface area contributed by atoms with Gasteiger partial charge in [-0.3, -0.25) is 9.59 Å². The zero-order valence-electron chi connectivity index (χ0n) is 15.9. The summed E-state index contributed by atoms with van der Waals surface area (Å²) < 4.78 is 5.87. The molecular formula is C18H20Cl2N4O5. The zero-order chi connectivity index (χ0) is 21.1. The molecule has 2 amide bonds. The molecule has 1 aromatic rings. The third-order valence-corrected chi connectivity index (χ3v) is 6.35. The maximum atomic E-state index is 13.5. The Morgan fingerprint density at radius 1 is 1.28 bits per heavy atom. The Hall–Kier alpha value is -2.26. The van der Waals surface area contributed by atoms with E-state index in [2.05, 4.69) is 4.98 Å². The molecule has 156 valence electrons. The highest BCUT2D eigenvalue weighted by atomic mass is 35.5. The molecule has 1 N–H and O–H groups in total. The quantitative estimate of drug-likeness (QED) is 0.664. The number of carboxylic acid groups (broad SMARTS) is 1. The van der Waals surface area contributed by atoms with Gasteiger partial charge >= 0.3 is 6.09 Å². The number of Topliss-reactive ketones (excluding diaryl/α,β-unsaturated/α-hetero) is 1. The maximum Gasteiger partial charge on any atom is 0.407 e. The Kier molecular flexibility index (Phi) is 4.77. The van der Waals surface area contributed by atoms with Crippen LogP contribution in [0.1, 0.15) is 30.6 Å². The van der Waals surface area contributed by atoms with Gasteiger partial charge in [0.05, 0.1) is 12.6 Å². The largest absolute Gasteiger partial charge is 0.489 e. The van der Waals surface area contributed by atoms with E-state index in [1.807, 2.05) is 13.8 Å². The first-order valence-corrected chi connectivity index (χ1v) is 9.95. The van der Waals surface area contributed by atoms with Gasteiger partial charge in [0.15, 0.2) is 16.7 Å². The number of carbonyl (C=O) groups excluding carboxylic acids is 2. The van der Waals surface area contributed by atoms with Crippen molar-refractivity contribution in [2.75, 3.05) is 37.7 Å². The molecule has 29 heavy (non-hydrogen) atoms. The Balaban J connectivity index is 1.81. The minimum Gasteiger partial charge on any atom is -0.489 e. The van der Waals surface area contributed by atoms with E-state index in [0.29, 0.717) is 6.42 Å². The number of hydrogen-bond acceptors (Lipinski definition) is 6. The fraction of sp³-hybridized carbons (Fsp3) is 0.556. The number of halogens is 2. The molecule has 11 heteroatoms. The summed E-state index contributed by atoms with van der Waals surface area (Å²) in [4.78, 5) is 45.9. The van der Waals surface area contributed by atoms with Gasteiger partial charge in [0.25, 0.3) is 5.91 Å². The van der Waals surface area contributed by atoms with Crippen molar-refractivity contribution in [1.29, 1.82) is 0 Å². The van der Waals surface area contributed by atoms with Crippen molar-refractivity contribution in [2.24, 2.45) is 0 Å². The number of fused-ring (bicyclic) bond motifs is 2. The van der Waals surface area contributed by atoms with Crippen LogP contribution in [0.25, 0.3) is 0 Å². The highest BCUT2D eigenvalue weighted by Gasteiger charge is 2.45. The lowest BCUT2D eigenvalue weighted by Crippen LogP contribution is -2.57. The van der Waals surface area contributed by atoms with Crippen LogP contribution in [0.3, 0.4) is 0 Å². The lowest BCUT2D eigenvalue weighted by molar-refractivity contribution is -0.116. The highest BCUT2D eigenvalue weighted by molar-refractivity contribution is 6.42. The second-order valence-electron chi connectivity index (χ2n) is 8.05. The van der Waals surface area contributed by atoms with Crippen LogP contribution in [-0.2, 0) is 4.79 Å². The second kappa shape index (κ2) is 6.91. The Morgan fingerprint density at radius 2 is 2.00 bits per heavy atom. The van der Waals surface area contributed by atoms with Crippen molar-refractivity contribution in [3.63, 3.8) is 0 Å². The molecule has 2 saturated heterocycles. The lowest BCUT2D eigenvalue weighted by atomic mass is 10.0. The molecule has 3 aliphatic heterocycles. The van der Waals surface area contributed by atoms with E-state index in [-0.39, 0.29) is 71.8 Å².